The summed E-state index contributed by atoms with van der Waals surface area (Å²) in [5, 5.41) is 19.9. The maximum Gasteiger partial charge on any atom is 0.416 e. The summed E-state index contributed by atoms with van der Waals surface area (Å²) in [6, 6.07) is 5.64. The molecule has 0 saturated heterocycles. The van der Waals surface area contributed by atoms with Gasteiger partial charge in [-0.15, -0.1) is 0 Å². The van der Waals surface area contributed by atoms with Crippen molar-refractivity contribution in [1.29, 1.82) is 0 Å². The number of amides is 2. The van der Waals surface area contributed by atoms with Crippen LogP contribution in [0.3, 0.4) is 0 Å². The lowest BCUT2D eigenvalue weighted by Crippen LogP contribution is -2.36. The number of carbonyl (C=O) groups is 2. The molecule has 1 unspecified atom stereocenters. The van der Waals surface area contributed by atoms with E-state index in [1.54, 1.807) is 0 Å². The van der Waals surface area contributed by atoms with Crippen molar-refractivity contribution < 1.29 is 50.9 Å². The summed E-state index contributed by atoms with van der Waals surface area (Å²) in [5.74, 6) is -4.78. The van der Waals surface area contributed by atoms with Gasteiger partial charge in [-0.05, 0) is 40.2 Å². The van der Waals surface area contributed by atoms with Crippen LogP contribution in [-0.4, -0.2) is 51.8 Å². The molecule has 2 aromatic carbocycles. The van der Waals surface area contributed by atoms with Crippen LogP contribution in [0, 0.1) is 11.6 Å². The number of oxazole rings is 1. The van der Waals surface area contributed by atoms with Crippen molar-refractivity contribution >= 4 is 27.9 Å². The average Bonchev–Trinajstić information content (AvgIpc) is 3.20. The van der Waals surface area contributed by atoms with Crippen LogP contribution in [0.4, 0.5) is 26.7 Å². The third kappa shape index (κ3) is 6.54. The Balaban J connectivity index is 1.68. The van der Waals surface area contributed by atoms with E-state index in [1.165, 1.54) is 0 Å². The zero-order chi connectivity index (χ0) is 27.5. The molecule has 0 aliphatic carbocycles. The molecule has 0 bridgehead atoms. The standard InChI is InChI=1S/C22H17BrF5N3O6/c23-18-17(10-1-3-11(4-2-10)22(26,27)28)30-20(37-18)13(32)9-31(21(34)35)7-8-36-14-6-5-12(24)15(16(14)25)19(29)33/h1-6,13,32H,7-9H2,(H2,29,33)(H,34,35). The van der Waals surface area contributed by atoms with Crippen LogP contribution >= 0.6 is 15.9 Å². The molecule has 0 spiro atoms. The Kier molecular flexibility index (Phi) is 8.38. The molecule has 15 heteroatoms. The van der Waals surface area contributed by atoms with Gasteiger partial charge < -0.3 is 30.0 Å². The minimum absolute atomic E-state index is 0.0106. The second-order valence-corrected chi connectivity index (χ2v) is 8.16. The monoisotopic (exact) mass is 593 g/mol. The number of carboxylic acid groups (broad SMARTS) is 1. The average molecular weight is 594 g/mol. The molecule has 0 fully saturated rings. The maximum atomic E-state index is 14.2. The fourth-order valence-electron chi connectivity index (χ4n) is 3.14. The molecule has 0 radical (unpaired) electrons. The number of alkyl halides is 3. The Morgan fingerprint density at radius 2 is 1.81 bits per heavy atom. The fourth-order valence-corrected chi connectivity index (χ4v) is 3.63. The first-order valence-corrected chi connectivity index (χ1v) is 11.0. The van der Waals surface area contributed by atoms with E-state index < -0.39 is 72.5 Å². The highest BCUT2D eigenvalue weighted by Crippen LogP contribution is 2.34. The highest BCUT2D eigenvalue weighted by Gasteiger charge is 2.30. The van der Waals surface area contributed by atoms with E-state index in [4.69, 9.17) is 14.9 Å². The summed E-state index contributed by atoms with van der Waals surface area (Å²) in [7, 11) is 0. The molecule has 1 heterocycles. The number of benzene rings is 2. The van der Waals surface area contributed by atoms with E-state index in [1.807, 2.05) is 0 Å². The molecule has 0 aliphatic rings. The second-order valence-electron chi connectivity index (χ2n) is 7.44. The topological polar surface area (TPSA) is 139 Å². The number of rotatable bonds is 9. The van der Waals surface area contributed by atoms with Crippen LogP contribution in [0.2, 0.25) is 0 Å². The SMILES string of the molecule is NC(=O)c1c(F)ccc(OCCN(CC(O)c2nc(-c3ccc(C(F)(F)F)cc3)c(Br)o2)C(=O)O)c1F. The largest absolute Gasteiger partial charge is 0.489 e. The van der Waals surface area contributed by atoms with Crippen LogP contribution < -0.4 is 10.5 Å². The highest BCUT2D eigenvalue weighted by molar-refractivity contribution is 9.10. The quantitative estimate of drug-likeness (QED) is 0.308. The van der Waals surface area contributed by atoms with Gasteiger partial charge in [-0.3, -0.25) is 4.79 Å². The molecule has 3 rings (SSSR count). The second kappa shape index (κ2) is 11.1. The molecule has 4 N–H and O–H groups in total. The number of hydrogen-bond acceptors (Lipinski definition) is 6. The number of ether oxygens (including phenoxy) is 1. The summed E-state index contributed by atoms with van der Waals surface area (Å²) in [4.78, 5) is 27.5. The van der Waals surface area contributed by atoms with Crippen LogP contribution in [0.5, 0.6) is 5.75 Å². The minimum Gasteiger partial charge on any atom is -0.489 e. The summed E-state index contributed by atoms with van der Waals surface area (Å²) in [6.07, 6.45) is -7.62. The number of nitrogens with two attached hydrogens (primary N) is 1. The number of aliphatic hydroxyl groups is 1. The van der Waals surface area contributed by atoms with E-state index in [9.17, 15) is 41.8 Å². The number of halogens is 6. The van der Waals surface area contributed by atoms with Gasteiger partial charge in [0.2, 0.25) is 5.89 Å². The molecule has 3 aromatic rings. The van der Waals surface area contributed by atoms with E-state index in [2.05, 4.69) is 20.9 Å². The van der Waals surface area contributed by atoms with Crippen LogP contribution in [-0.2, 0) is 6.18 Å². The van der Waals surface area contributed by atoms with E-state index in [0.717, 1.165) is 36.4 Å². The van der Waals surface area contributed by atoms with Crippen molar-refractivity contribution in [2.75, 3.05) is 19.7 Å². The lowest BCUT2D eigenvalue weighted by molar-refractivity contribution is -0.137. The number of aliphatic hydroxyl groups excluding tert-OH is 1. The lowest BCUT2D eigenvalue weighted by Gasteiger charge is -2.21. The summed E-state index contributed by atoms with van der Waals surface area (Å²) in [6.45, 7) is -1.43. The van der Waals surface area contributed by atoms with E-state index >= 15 is 0 Å². The highest BCUT2D eigenvalue weighted by atomic mass is 79.9. The molecule has 0 saturated carbocycles. The van der Waals surface area contributed by atoms with Gasteiger partial charge in [0.15, 0.2) is 16.2 Å². The first-order valence-electron chi connectivity index (χ1n) is 10.2. The van der Waals surface area contributed by atoms with Gasteiger partial charge in [-0.2, -0.15) is 13.2 Å². The third-order valence-corrected chi connectivity index (χ3v) is 5.50. The molecule has 1 atom stereocenters. The van der Waals surface area contributed by atoms with Crippen LogP contribution in [0.15, 0.2) is 45.5 Å². The van der Waals surface area contributed by atoms with E-state index in [-0.39, 0.29) is 21.8 Å². The van der Waals surface area contributed by atoms with Gasteiger partial charge in [-0.1, -0.05) is 12.1 Å². The summed E-state index contributed by atoms with van der Waals surface area (Å²) < 4.78 is 76.5. The smallest absolute Gasteiger partial charge is 0.416 e. The predicted molar refractivity (Wildman–Crippen MR) is 120 cm³/mol. The zero-order valence-corrected chi connectivity index (χ0v) is 20.0. The first kappa shape index (κ1) is 27.9. The Labute approximate surface area is 213 Å². The summed E-state index contributed by atoms with van der Waals surface area (Å²) >= 11 is 3.06. The normalized spacial score (nSPS) is 12.3. The third-order valence-electron chi connectivity index (χ3n) is 4.96. The molecular formula is C22H17BrF5N3O6. The number of hydrogen-bond donors (Lipinski definition) is 3. The minimum atomic E-state index is -4.53. The Bertz CT molecular complexity index is 1300. The molecule has 1 aromatic heterocycles. The van der Waals surface area contributed by atoms with Crippen LogP contribution in [0.25, 0.3) is 11.3 Å². The van der Waals surface area contributed by atoms with Gasteiger partial charge in [0.1, 0.15) is 29.8 Å². The molecule has 37 heavy (non-hydrogen) atoms. The van der Waals surface area contributed by atoms with Crippen molar-refractivity contribution in [2.24, 2.45) is 5.73 Å². The number of aromatic nitrogens is 1. The number of nitrogens with zero attached hydrogens (tertiary/aromatic N) is 2. The Morgan fingerprint density at radius 1 is 1.16 bits per heavy atom. The molecular weight excluding hydrogens is 577 g/mol. The Hall–Kier alpha value is -3.72. The van der Waals surface area contributed by atoms with Gasteiger partial charge in [0.05, 0.1) is 18.7 Å². The molecule has 2 amide bonds. The van der Waals surface area contributed by atoms with E-state index in [0.29, 0.717) is 4.90 Å². The predicted octanol–water partition coefficient (Wildman–Crippen LogP) is 4.59. The molecule has 198 valence electrons. The van der Waals surface area contributed by atoms with Crippen molar-refractivity contribution in [3.05, 3.63) is 69.7 Å². The van der Waals surface area contributed by atoms with Crippen molar-refractivity contribution in [3.8, 4) is 17.0 Å². The molecule has 0 aliphatic heterocycles. The Morgan fingerprint density at radius 3 is 2.38 bits per heavy atom. The lowest BCUT2D eigenvalue weighted by atomic mass is 10.1. The fraction of sp³-hybridized carbons (Fsp3) is 0.227. The zero-order valence-electron chi connectivity index (χ0n) is 18.4. The summed E-state index contributed by atoms with van der Waals surface area (Å²) in [5.41, 5.74) is 3.36. The number of primary amides is 1. The van der Waals surface area contributed by atoms with Gasteiger partial charge >= 0.3 is 12.3 Å². The molecule has 9 nitrogen and oxygen atoms in total. The first-order chi connectivity index (χ1) is 17.3. The van der Waals surface area contributed by atoms with Crippen molar-refractivity contribution in [2.45, 2.75) is 12.3 Å². The van der Waals surface area contributed by atoms with Crippen LogP contribution in [0.1, 0.15) is 27.9 Å². The number of carbonyl (C=O) groups excluding carboxylic acids is 1. The van der Waals surface area contributed by atoms with Gasteiger partial charge in [-0.25, -0.2) is 18.6 Å². The van der Waals surface area contributed by atoms with Gasteiger partial charge in [0.25, 0.3) is 5.91 Å². The van der Waals surface area contributed by atoms with Gasteiger partial charge in [0, 0.05) is 5.56 Å². The van der Waals surface area contributed by atoms with Crippen molar-refractivity contribution in [1.82, 2.24) is 9.88 Å². The maximum absolute atomic E-state index is 14.2. The van der Waals surface area contributed by atoms with Crippen molar-refractivity contribution in [3.63, 3.8) is 0 Å².